The Morgan fingerprint density at radius 2 is 2.12 bits per heavy atom. The maximum Gasteiger partial charge on any atom is 0.270 e. The molecule has 0 saturated carbocycles. The Balaban J connectivity index is 0.00000312. The van der Waals surface area contributed by atoms with Crippen molar-refractivity contribution in [1.82, 2.24) is 16.0 Å². The van der Waals surface area contributed by atoms with E-state index in [0.29, 0.717) is 6.04 Å². The highest BCUT2D eigenvalue weighted by Crippen LogP contribution is 2.13. The number of benzene rings is 1. The summed E-state index contributed by atoms with van der Waals surface area (Å²) in [6.07, 6.45) is 1.69. The second-order valence-electron chi connectivity index (χ2n) is 6.09. The molecule has 1 saturated heterocycles. The van der Waals surface area contributed by atoms with Crippen LogP contribution in [0.5, 0.6) is 0 Å². The summed E-state index contributed by atoms with van der Waals surface area (Å²) in [5.74, 6) is -0.770. The first kappa shape index (κ1) is 20.9. The molecule has 3 atom stereocenters. The molecule has 25 heavy (non-hydrogen) atoms. The van der Waals surface area contributed by atoms with Crippen LogP contribution in [0.15, 0.2) is 24.3 Å². The van der Waals surface area contributed by atoms with Crippen LogP contribution in [0.3, 0.4) is 0 Å². The number of nitrogens with zero attached hydrogens (tertiary/aromatic N) is 1. The third kappa shape index (κ3) is 5.99. The van der Waals surface area contributed by atoms with Gasteiger partial charge in [-0.25, -0.2) is 0 Å². The first-order chi connectivity index (χ1) is 11.4. The third-order valence-electron chi connectivity index (χ3n) is 4.03. The minimum absolute atomic E-state index is 0. The molecule has 0 bridgehead atoms. The van der Waals surface area contributed by atoms with Gasteiger partial charge < -0.3 is 16.0 Å². The van der Waals surface area contributed by atoms with Gasteiger partial charge in [0.05, 0.1) is 4.92 Å². The number of amides is 2. The van der Waals surface area contributed by atoms with Gasteiger partial charge in [0.15, 0.2) is 0 Å². The second-order valence-corrected chi connectivity index (χ2v) is 6.09. The first-order valence-electron chi connectivity index (χ1n) is 7.96. The molecular formula is C16H23ClN4O4. The zero-order chi connectivity index (χ0) is 17.7. The Bertz CT molecular complexity index is 640. The average Bonchev–Trinajstić information content (AvgIpc) is 2.54. The van der Waals surface area contributed by atoms with E-state index >= 15 is 0 Å². The number of rotatable bonds is 5. The summed E-state index contributed by atoms with van der Waals surface area (Å²) in [7, 11) is 0. The average molecular weight is 371 g/mol. The van der Waals surface area contributed by atoms with Crippen molar-refractivity contribution < 1.29 is 14.5 Å². The van der Waals surface area contributed by atoms with Gasteiger partial charge in [-0.2, -0.15) is 0 Å². The Morgan fingerprint density at radius 3 is 2.76 bits per heavy atom. The lowest BCUT2D eigenvalue weighted by atomic mass is 10.0. The van der Waals surface area contributed by atoms with Crippen molar-refractivity contribution in [3.05, 3.63) is 39.9 Å². The van der Waals surface area contributed by atoms with E-state index in [1.165, 1.54) is 24.3 Å². The van der Waals surface area contributed by atoms with Crippen LogP contribution in [0.2, 0.25) is 0 Å². The van der Waals surface area contributed by atoms with Crippen molar-refractivity contribution in [2.75, 3.05) is 6.54 Å². The molecule has 2 rings (SSSR count). The topological polar surface area (TPSA) is 113 Å². The number of nitro groups is 1. The number of nitrogens with one attached hydrogen (secondary N) is 3. The molecule has 3 N–H and O–H groups in total. The predicted molar refractivity (Wildman–Crippen MR) is 95.9 cm³/mol. The van der Waals surface area contributed by atoms with Crippen molar-refractivity contribution in [2.24, 2.45) is 0 Å². The maximum atomic E-state index is 12.2. The molecule has 1 aromatic rings. The lowest BCUT2D eigenvalue weighted by Crippen LogP contribution is -2.52. The standard InChI is InChI=1S/C16H22N4O4.ClH/c1-10-8-13(6-7-17-10)19-15(21)11(2)18-16(22)12-4-3-5-14(9-12)20(23)24;/h3-5,9-11,13,17H,6-8H2,1-2H3,(H,18,22)(H,19,21);1H. The number of halogens is 1. The van der Waals surface area contributed by atoms with Gasteiger partial charge in [-0.05, 0) is 39.3 Å². The Hall–Kier alpha value is -2.19. The fraction of sp³-hybridized carbons (Fsp3) is 0.500. The SMILES string of the molecule is CC1CC(NC(=O)C(C)NC(=O)c2cccc([N+](=O)[O-])c2)CCN1.Cl. The number of nitro benzene ring substituents is 1. The molecule has 3 unspecified atom stereocenters. The van der Waals surface area contributed by atoms with Crippen molar-refractivity contribution >= 4 is 29.9 Å². The molecule has 0 radical (unpaired) electrons. The first-order valence-corrected chi connectivity index (χ1v) is 7.96. The molecule has 0 spiro atoms. The summed E-state index contributed by atoms with van der Waals surface area (Å²) >= 11 is 0. The molecule has 0 aliphatic carbocycles. The van der Waals surface area contributed by atoms with E-state index < -0.39 is 16.9 Å². The predicted octanol–water partition coefficient (Wildman–Crippen LogP) is 1.39. The van der Waals surface area contributed by atoms with Crippen molar-refractivity contribution in [3.63, 3.8) is 0 Å². The summed E-state index contributed by atoms with van der Waals surface area (Å²) in [5, 5.41) is 19.6. The van der Waals surface area contributed by atoms with Gasteiger partial charge in [0, 0.05) is 29.8 Å². The smallest absolute Gasteiger partial charge is 0.270 e. The molecule has 2 amide bonds. The van der Waals surface area contributed by atoms with Crippen molar-refractivity contribution in [3.8, 4) is 0 Å². The number of carbonyl (C=O) groups is 2. The van der Waals surface area contributed by atoms with Gasteiger partial charge >= 0.3 is 0 Å². The van der Waals surface area contributed by atoms with Gasteiger partial charge in [0.2, 0.25) is 5.91 Å². The van der Waals surface area contributed by atoms with E-state index in [4.69, 9.17) is 0 Å². The summed E-state index contributed by atoms with van der Waals surface area (Å²) in [6.45, 7) is 4.50. The van der Waals surface area contributed by atoms with Gasteiger partial charge in [-0.15, -0.1) is 12.4 Å². The molecule has 8 nitrogen and oxygen atoms in total. The minimum Gasteiger partial charge on any atom is -0.351 e. The molecule has 1 aliphatic heterocycles. The Kier molecular flexibility index (Phi) is 7.79. The lowest BCUT2D eigenvalue weighted by Gasteiger charge is -2.29. The van der Waals surface area contributed by atoms with Crippen LogP contribution in [0, 0.1) is 10.1 Å². The van der Waals surface area contributed by atoms with Crippen molar-refractivity contribution in [2.45, 2.75) is 44.8 Å². The fourth-order valence-electron chi connectivity index (χ4n) is 2.70. The summed E-state index contributed by atoms with van der Waals surface area (Å²) in [5.41, 5.74) is -0.0113. The summed E-state index contributed by atoms with van der Waals surface area (Å²) in [6, 6.07) is 5.13. The molecule has 1 aliphatic rings. The molecule has 9 heteroatoms. The largest absolute Gasteiger partial charge is 0.351 e. The highest BCUT2D eigenvalue weighted by atomic mass is 35.5. The zero-order valence-corrected chi connectivity index (χ0v) is 15.0. The minimum atomic E-state index is -0.720. The van der Waals surface area contributed by atoms with E-state index in [0.717, 1.165) is 19.4 Å². The van der Waals surface area contributed by atoms with E-state index in [1.807, 2.05) is 0 Å². The normalized spacial score (nSPS) is 20.7. The number of piperidine rings is 1. The highest BCUT2D eigenvalue weighted by Gasteiger charge is 2.23. The summed E-state index contributed by atoms with van der Waals surface area (Å²) < 4.78 is 0. The van der Waals surface area contributed by atoms with Gasteiger partial charge in [-0.3, -0.25) is 19.7 Å². The van der Waals surface area contributed by atoms with E-state index in [-0.39, 0.29) is 35.6 Å². The molecule has 1 aromatic carbocycles. The second kappa shape index (κ2) is 9.33. The molecular weight excluding hydrogens is 348 g/mol. The zero-order valence-electron chi connectivity index (χ0n) is 14.2. The van der Waals surface area contributed by atoms with Gasteiger partial charge in [0.1, 0.15) is 6.04 Å². The molecule has 1 fully saturated rings. The van der Waals surface area contributed by atoms with Crippen LogP contribution in [-0.2, 0) is 4.79 Å². The van der Waals surface area contributed by atoms with Crippen LogP contribution in [-0.4, -0.2) is 41.4 Å². The number of hydrogen-bond donors (Lipinski definition) is 3. The van der Waals surface area contributed by atoms with Crippen LogP contribution in [0.1, 0.15) is 37.0 Å². The fourth-order valence-corrected chi connectivity index (χ4v) is 2.70. The van der Waals surface area contributed by atoms with Crippen LogP contribution < -0.4 is 16.0 Å². The highest BCUT2D eigenvalue weighted by molar-refractivity contribution is 5.97. The Labute approximate surface area is 152 Å². The quantitative estimate of drug-likeness (QED) is 0.535. The van der Waals surface area contributed by atoms with Gasteiger partial charge in [-0.1, -0.05) is 6.07 Å². The van der Waals surface area contributed by atoms with Gasteiger partial charge in [0.25, 0.3) is 11.6 Å². The number of carbonyl (C=O) groups excluding carboxylic acids is 2. The van der Waals surface area contributed by atoms with Crippen molar-refractivity contribution in [1.29, 1.82) is 0 Å². The number of non-ortho nitro benzene ring substituents is 1. The lowest BCUT2D eigenvalue weighted by molar-refractivity contribution is -0.384. The van der Waals surface area contributed by atoms with Crippen LogP contribution >= 0.6 is 12.4 Å². The van der Waals surface area contributed by atoms with Crippen LogP contribution in [0.25, 0.3) is 0 Å². The van der Waals surface area contributed by atoms with Crippen LogP contribution in [0.4, 0.5) is 5.69 Å². The monoisotopic (exact) mass is 370 g/mol. The molecule has 1 heterocycles. The molecule has 138 valence electrons. The van der Waals surface area contributed by atoms with E-state index in [1.54, 1.807) is 6.92 Å². The maximum absolute atomic E-state index is 12.2. The number of hydrogen-bond acceptors (Lipinski definition) is 5. The van der Waals surface area contributed by atoms with E-state index in [2.05, 4.69) is 22.9 Å². The third-order valence-corrected chi connectivity index (χ3v) is 4.03. The Morgan fingerprint density at radius 1 is 1.40 bits per heavy atom. The van der Waals surface area contributed by atoms with E-state index in [9.17, 15) is 19.7 Å². The molecule has 0 aromatic heterocycles. The summed E-state index contributed by atoms with van der Waals surface area (Å²) in [4.78, 5) is 34.6.